The quantitative estimate of drug-likeness (QED) is 0.587. The zero-order valence-corrected chi connectivity index (χ0v) is 17.4. The van der Waals surface area contributed by atoms with E-state index in [0.29, 0.717) is 11.9 Å². The van der Waals surface area contributed by atoms with Gasteiger partial charge in [-0.15, -0.1) is 0 Å². The van der Waals surface area contributed by atoms with Crippen molar-refractivity contribution in [3.05, 3.63) is 35.1 Å². The van der Waals surface area contributed by atoms with Gasteiger partial charge in [0.1, 0.15) is 11.3 Å². The van der Waals surface area contributed by atoms with Gasteiger partial charge in [0.2, 0.25) is 17.2 Å². The van der Waals surface area contributed by atoms with Gasteiger partial charge in [-0.05, 0) is 44.5 Å². The van der Waals surface area contributed by atoms with Gasteiger partial charge in [-0.2, -0.15) is 15.0 Å². The number of aromatic carboxylic acids is 1. The van der Waals surface area contributed by atoms with Crippen LogP contribution in [0, 0.1) is 0 Å². The van der Waals surface area contributed by atoms with Crippen LogP contribution >= 0.6 is 11.6 Å². The second kappa shape index (κ2) is 11.9. The van der Waals surface area contributed by atoms with Gasteiger partial charge in [0.05, 0.1) is 0 Å². The molecule has 0 aliphatic rings. The summed E-state index contributed by atoms with van der Waals surface area (Å²) in [5.74, 6) is -0.320. The van der Waals surface area contributed by atoms with Crippen LogP contribution in [0.15, 0.2) is 24.3 Å². The number of anilines is 2. The van der Waals surface area contributed by atoms with Crippen LogP contribution in [0.2, 0.25) is 5.28 Å². The number of benzene rings is 1. The van der Waals surface area contributed by atoms with Gasteiger partial charge >= 0.3 is 5.97 Å². The molecule has 0 unspecified atom stereocenters. The number of hydrogen-bond acceptors (Lipinski definition) is 7. The van der Waals surface area contributed by atoms with Gasteiger partial charge in [-0.25, -0.2) is 4.79 Å². The Hall–Kier alpha value is -1.61. The minimum absolute atomic E-state index is 0. The molecule has 1 radical (unpaired) electrons. The Labute approximate surface area is 173 Å². The molecular weight excluding hydrogens is 357 g/mol. The van der Waals surface area contributed by atoms with Gasteiger partial charge in [-0.1, -0.05) is 12.1 Å². The Bertz CT molecular complexity index is 688. The van der Waals surface area contributed by atoms with Gasteiger partial charge in [0.25, 0.3) is 0 Å². The Kier molecular flexibility index (Phi) is 11.1. The molecule has 2 rings (SSSR count). The first-order valence-electron chi connectivity index (χ1n) is 7.26. The fourth-order valence-electron chi connectivity index (χ4n) is 1.56. The molecule has 0 amide bonds. The summed E-state index contributed by atoms with van der Waals surface area (Å²) in [4.78, 5) is 22.3. The molecule has 4 N–H and O–H groups in total. The third-order valence-electron chi connectivity index (χ3n) is 2.50. The maximum atomic E-state index is 10.3. The SMILES string of the molecule is CCNc1nc(Cl)nc(NC(C)C)n1.O=C(O)c1ccccc1O.[Na]. The molecule has 0 atom stereocenters. The molecule has 0 spiro atoms. The Morgan fingerprint density at radius 3 is 2.28 bits per heavy atom. The number of nitrogens with zero attached hydrogens (tertiary/aromatic N) is 3. The molecule has 0 bridgehead atoms. The first-order chi connectivity index (χ1) is 11.3. The summed E-state index contributed by atoms with van der Waals surface area (Å²) in [7, 11) is 0. The van der Waals surface area contributed by atoms with Crippen molar-refractivity contribution in [2.45, 2.75) is 26.8 Å². The van der Waals surface area contributed by atoms with E-state index in [1.807, 2.05) is 20.8 Å². The number of halogens is 1. The van der Waals surface area contributed by atoms with Crippen LogP contribution in [0.25, 0.3) is 0 Å². The average molecular weight is 377 g/mol. The predicted octanol–water partition coefficient (Wildman–Crippen LogP) is 2.49. The van der Waals surface area contributed by atoms with Crippen molar-refractivity contribution in [2.75, 3.05) is 17.2 Å². The zero-order chi connectivity index (χ0) is 18.1. The molecular formula is C15H20ClN5NaO3. The number of carboxylic acid groups (broad SMARTS) is 1. The van der Waals surface area contributed by atoms with E-state index < -0.39 is 5.97 Å². The topological polar surface area (TPSA) is 120 Å². The molecule has 0 saturated heterocycles. The van der Waals surface area contributed by atoms with Crippen molar-refractivity contribution in [1.82, 2.24) is 15.0 Å². The monoisotopic (exact) mass is 376 g/mol. The van der Waals surface area contributed by atoms with E-state index in [1.54, 1.807) is 12.1 Å². The zero-order valence-electron chi connectivity index (χ0n) is 14.6. The minimum Gasteiger partial charge on any atom is -0.507 e. The van der Waals surface area contributed by atoms with Crippen molar-refractivity contribution in [3.63, 3.8) is 0 Å². The van der Waals surface area contributed by atoms with Crippen LogP contribution in [0.1, 0.15) is 31.1 Å². The summed E-state index contributed by atoms with van der Waals surface area (Å²) < 4.78 is 0. The molecule has 0 aliphatic heterocycles. The Morgan fingerprint density at radius 2 is 1.80 bits per heavy atom. The molecule has 1 heterocycles. The number of nitrogens with one attached hydrogen (secondary N) is 2. The maximum absolute atomic E-state index is 10.3. The first-order valence-corrected chi connectivity index (χ1v) is 7.64. The van der Waals surface area contributed by atoms with Crippen LogP contribution in [0.3, 0.4) is 0 Å². The number of carbonyl (C=O) groups is 1. The number of aromatic hydroxyl groups is 1. The van der Waals surface area contributed by atoms with E-state index in [4.69, 9.17) is 21.8 Å². The average Bonchev–Trinajstić information content (AvgIpc) is 2.47. The van der Waals surface area contributed by atoms with E-state index in [2.05, 4.69) is 25.6 Å². The summed E-state index contributed by atoms with van der Waals surface area (Å²) in [5, 5.41) is 23.5. The molecule has 8 nitrogen and oxygen atoms in total. The van der Waals surface area contributed by atoms with Gasteiger partial charge in [-0.3, -0.25) is 0 Å². The number of aromatic nitrogens is 3. The summed E-state index contributed by atoms with van der Waals surface area (Å²) in [6, 6.07) is 6.08. The van der Waals surface area contributed by atoms with Crippen molar-refractivity contribution < 1.29 is 15.0 Å². The molecule has 131 valence electrons. The molecule has 0 aliphatic carbocycles. The fourth-order valence-corrected chi connectivity index (χ4v) is 1.72. The summed E-state index contributed by atoms with van der Waals surface area (Å²) in [5.41, 5.74) is -0.0671. The van der Waals surface area contributed by atoms with Crippen molar-refractivity contribution >= 4 is 59.0 Å². The second-order valence-electron chi connectivity index (χ2n) is 4.90. The molecule has 0 fully saturated rings. The van der Waals surface area contributed by atoms with Crippen molar-refractivity contribution in [3.8, 4) is 5.75 Å². The van der Waals surface area contributed by atoms with Crippen molar-refractivity contribution in [2.24, 2.45) is 0 Å². The van der Waals surface area contributed by atoms with Crippen LogP contribution in [-0.2, 0) is 0 Å². The number of rotatable bonds is 5. The van der Waals surface area contributed by atoms with Crippen LogP contribution in [-0.4, -0.2) is 73.3 Å². The van der Waals surface area contributed by atoms with Gasteiger partial charge in [0, 0.05) is 42.1 Å². The third-order valence-corrected chi connectivity index (χ3v) is 2.66. The maximum Gasteiger partial charge on any atom is 0.339 e. The van der Waals surface area contributed by atoms with E-state index >= 15 is 0 Å². The second-order valence-corrected chi connectivity index (χ2v) is 5.24. The van der Waals surface area contributed by atoms with Crippen LogP contribution in [0.4, 0.5) is 11.9 Å². The number of hydrogen-bond donors (Lipinski definition) is 4. The van der Waals surface area contributed by atoms with E-state index in [9.17, 15) is 4.79 Å². The molecule has 25 heavy (non-hydrogen) atoms. The van der Waals surface area contributed by atoms with E-state index in [1.165, 1.54) is 12.1 Å². The van der Waals surface area contributed by atoms with Crippen molar-refractivity contribution in [1.29, 1.82) is 0 Å². The van der Waals surface area contributed by atoms with Gasteiger partial charge < -0.3 is 20.8 Å². The molecule has 10 heteroatoms. The number of carboxylic acids is 1. The van der Waals surface area contributed by atoms with E-state index in [0.717, 1.165) is 6.54 Å². The number of para-hydroxylation sites is 1. The third kappa shape index (κ3) is 8.87. The molecule has 2 aromatic rings. The summed E-state index contributed by atoms with van der Waals surface area (Å²) >= 11 is 5.73. The molecule has 1 aromatic carbocycles. The van der Waals surface area contributed by atoms with Crippen LogP contribution in [0.5, 0.6) is 5.75 Å². The molecule has 1 aromatic heterocycles. The fraction of sp³-hybridized carbons (Fsp3) is 0.333. The normalized spacial score (nSPS) is 9.48. The van der Waals surface area contributed by atoms with E-state index in [-0.39, 0.29) is 52.2 Å². The Morgan fingerprint density at radius 1 is 1.20 bits per heavy atom. The standard InChI is InChI=1S/C8H14ClN5.C7H6O3.Na/c1-4-10-7-12-6(9)13-8(14-7)11-5(2)3;8-6-4-2-1-3-5(6)7(9)10;/h5H,4H2,1-3H3,(H2,10,11,12,13,14);1-4,8H,(H,9,10);. The minimum atomic E-state index is -1.11. The Balaban J connectivity index is 0.000000465. The van der Waals surface area contributed by atoms with Crippen LogP contribution < -0.4 is 10.6 Å². The van der Waals surface area contributed by atoms with Gasteiger partial charge in [0.15, 0.2) is 0 Å². The predicted molar refractivity (Wildman–Crippen MR) is 98.6 cm³/mol. The summed E-state index contributed by atoms with van der Waals surface area (Å²) in [6.45, 7) is 6.73. The number of phenols is 1. The largest absolute Gasteiger partial charge is 0.507 e. The molecule has 0 saturated carbocycles. The smallest absolute Gasteiger partial charge is 0.339 e. The first kappa shape index (κ1) is 23.4. The summed E-state index contributed by atoms with van der Waals surface area (Å²) in [6.07, 6.45) is 0.